The molecule has 0 saturated carbocycles. The molecule has 15 heavy (non-hydrogen) atoms. The topological polar surface area (TPSA) is 57.5 Å². The van der Waals surface area contributed by atoms with Gasteiger partial charge in [-0.3, -0.25) is 0 Å². The second kappa shape index (κ2) is 4.61. The van der Waals surface area contributed by atoms with Crippen LogP contribution >= 0.6 is 15.9 Å². The van der Waals surface area contributed by atoms with E-state index in [0.717, 1.165) is 6.07 Å². The van der Waals surface area contributed by atoms with E-state index in [1.54, 1.807) is 6.92 Å². The fourth-order valence-corrected chi connectivity index (χ4v) is 2.11. The minimum absolute atomic E-state index is 0.0920. The summed E-state index contributed by atoms with van der Waals surface area (Å²) in [5.74, 6) is -1.94. The first kappa shape index (κ1) is 12.0. The maximum absolute atomic E-state index is 13.4. The van der Waals surface area contributed by atoms with Crippen molar-refractivity contribution in [2.45, 2.75) is 19.3 Å². The Morgan fingerprint density at radius 1 is 1.60 bits per heavy atom. The molecule has 0 heterocycles. The van der Waals surface area contributed by atoms with Crippen LogP contribution in [0.5, 0.6) is 11.5 Å². The summed E-state index contributed by atoms with van der Waals surface area (Å²) in [5.41, 5.74) is 0.192. The van der Waals surface area contributed by atoms with E-state index in [1.807, 2.05) is 0 Å². The monoisotopic (exact) mass is 276 g/mol. The SMILES string of the molecule is CC(CC=O)c1c(F)cc(O)c(O)c1Br. The first-order chi connectivity index (χ1) is 6.99. The number of carbonyl (C=O) groups is 1. The Bertz CT molecular complexity index is 393. The Kier molecular flexibility index (Phi) is 3.68. The van der Waals surface area contributed by atoms with Gasteiger partial charge in [0.15, 0.2) is 11.5 Å². The molecule has 0 bridgehead atoms. The van der Waals surface area contributed by atoms with Crippen LogP contribution in [0.1, 0.15) is 24.8 Å². The van der Waals surface area contributed by atoms with Gasteiger partial charge in [-0.2, -0.15) is 0 Å². The van der Waals surface area contributed by atoms with Crippen LogP contribution in [0.3, 0.4) is 0 Å². The number of aldehydes is 1. The molecule has 82 valence electrons. The fraction of sp³-hybridized carbons (Fsp3) is 0.300. The third-order valence-corrected chi connectivity index (χ3v) is 2.95. The highest BCUT2D eigenvalue weighted by atomic mass is 79.9. The molecule has 5 heteroatoms. The average molecular weight is 277 g/mol. The van der Waals surface area contributed by atoms with Gasteiger partial charge in [-0.25, -0.2) is 4.39 Å². The number of hydrogen-bond donors (Lipinski definition) is 2. The highest BCUT2D eigenvalue weighted by Crippen LogP contribution is 2.41. The van der Waals surface area contributed by atoms with Gasteiger partial charge in [-0.05, 0) is 21.8 Å². The summed E-state index contributed by atoms with van der Waals surface area (Å²) in [4.78, 5) is 10.3. The quantitative estimate of drug-likeness (QED) is 0.659. The van der Waals surface area contributed by atoms with Crippen molar-refractivity contribution >= 4 is 22.2 Å². The molecule has 1 rings (SSSR count). The smallest absolute Gasteiger partial charge is 0.172 e. The lowest BCUT2D eigenvalue weighted by molar-refractivity contribution is -0.108. The van der Waals surface area contributed by atoms with Crippen LogP contribution in [0.4, 0.5) is 4.39 Å². The molecule has 1 unspecified atom stereocenters. The Morgan fingerprint density at radius 3 is 2.73 bits per heavy atom. The van der Waals surface area contributed by atoms with E-state index in [2.05, 4.69) is 15.9 Å². The van der Waals surface area contributed by atoms with Crippen LogP contribution in [0.25, 0.3) is 0 Å². The van der Waals surface area contributed by atoms with E-state index in [9.17, 15) is 14.3 Å². The Morgan fingerprint density at radius 2 is 2.20 bits per heavy atom. The molecule has 0 aliphatic rings. The van der Waals surface area contributed by atoms with Crippen LogP contribution in [0.15, 0.2) is 10.5 Å². The van der Waals surface area contributed by atoms with E-state index in [1.165, 1.54) is 0 Å². The number of phenols is 2. The van der Waals surface area contributed by atoms with Gasteiger partial charge < -0.3 is 15.0 Å². The molecule has 0 aromatic heterocycles. The molecular formula is C10H10BrFO3. The van der Waals surface area contributed by atoms with Crippen molar-refractivity contribution in [1.82, 2.24) is 0 Å². The molecule has 3 nitrogen and oxygen atoms in total. The van der Waals surface area contributed by atoms with Crippen molar-refractivity contribution in [3.63, 3.8) is 0 Å². The third-order valence-electron chi connectivity index (χ3n) is 2.15. The van der Waals surface area contributed by atoms with Crippen LogP contribution in [-0.2, 0) is 4.79 Å². The van der Waals surface area contributed by atoms with Gasteiger partial charge in [-0.15, -0.1) is 0 Å². The maximum Gasteiger partial charge on any atom is 0.172 e. The summed E-state index contributed by atoms with van der Waals surface area (Å²) in [6.45, 7) is 1.66. The minimum Gasteiger partial charge on any atom is -0.504 e. The fourth-order valence-electron chi connectivity index (χ4n) is 1.32. The summed E-state index contributed by atoms with van der Waals surface area (Å²) in [5, 5.41) is 18.5. The number of benzene rings is 1. The van der Waals surface area contributed by atoms with Crippen LogP contribution in [0, 0.1) is 5.82 Å². The van der Waals surface area contributed by atoms with E-state index in [4.69, 9.17) is 5.11 Å². The van der Waals surface area contributed by atoms with Crippen molar-refractivity contribution in [3.8, 4) is 11.5 Å². The summed E-state index contributed by atoms with van der Waals surface area (Å²) in [6, 6.07) is 0.830. The lowest BCUT2D eigenvalue weighted by atomic mass is 9.97. The van der Waals surface area contributed by atoms with E-state index in [-0.39, 0.29) is 22.4 Å². The number of phenolic OH excluding ortho intramolecular Hbond substituents is 2. The largest absolute Gasteiger partial charge is 0.504 e. The van der Waals surface area contributed by atoms with Crippen LogP contribution in [0.2, 0.25) is 0 Å². The molecule has 0 radical (unpaired) electrons. The molecule has 2 N–H and O–H groups in total. The molecule has 0 aliphatic carbocycles. The number of carbonyl (C=O) groups excluding carboxylic acids is 1. The Labute approximate surface area is 94.7 Å². The van der Waals surface area contributed by atoms with Gasteiger partial charge in [0.05, 0.1) is 4.47 Å². The van der Waals surface area contributed by atoms with Gasteiger partial charge in [0.1, 0.15) is 12.1 Å². The molecule has 1 aromatic rings. The maximum atomic E-state index is 13.4. The summed E-state index contributed by atoms with van der Waals surface area (Å²) in [7, 11) is 0. The zero-order valence-corrected chi connectivity index (χ0v) is 9.58. The summed E-state index contributed by atoms with van der Waals surface area (Å²) >= 11 is 2.99. The lowest BCUT2D eigenvalue weighted by Gasteiger charge is -2.13. The number of aromatic hydroxyl groups is 2. The van der Waals surface area contributed by atoms with Gasteiger partial charge in [0.2, 0.25) is 0 Å². The summed E-state index contributed by atoms with van der Waals surface area (Å²) in [6.07, 6.45) is 0.834. The normalized spacial score (nSPS) is 12.5. The molecule has 0 amide bonds. The van der Waals surface area contributed by atoms with E-state index in [0.29, 0.717) is 6.29 Å². The predicted molar refractivity (Wildman–Crippen MR) is 56.5 cm³/mol. The minimum atomic E-state index is -0.647. The van der Waals surface area contributed by atoms with Gasteiger partial charge in [0, 0.05) is 18.1 Å². The lowest BCUT2D eigenvalue weighted by Crippen LogP contribution is -2.00. The molecule has 0 saturated heterocycles. The van der Waals surface area contributed by atoms with Crippen molar-refractivity contribution in [2.75, 3.05) is 0 Å². The van der Waals surface area contributed by atoms with Gasteiger partial charge in [-0.1, -0.05) is 6.92 Å². The van der Waals surface area contributed by atoms with Crippen molar-refractivity contribution in [2.24, 2.45) is 0 Å². The van der Waals surface area contributed by atoms with Crippen molar-refractivity contribution in [3.05, 3.63) is 21.9 Å². The first-order valence-corrected chi connectivity index (χ1v) is 5.11. The Balaban J connectivity index is 3.28. The number of hydrogen-bond acceptors (Lipinski definition) is 3. The molecule has 0 spiro atoms. The van der Waals surface area contributed by atoms with E-state index >= 15 is 0 Å². The molecular weight excluding hydrogens is 267 g/mol. The second-order valence-corrected chi connectivity index (χ2v) is 4.05. The van der Waals surface area contributed by atoms with Gasteiger partial charge in [0.25, 0.3) is 0 Å². The first-order valence-electron chi connectivity index (χ1n) is 4.32. The standard InChI is InChI=1S/C10H10BrFO3/c1-5(2-3-13)8-6(12)4-7(14)10(15)9(8)11/h3-5,14-15H,2H2,1H3. The average Bonchev–Trinajstić information content (AvgIpc) is 2.15. The van der Waals surface area contributed by atoms with Crippen molar-refractivity contribution in [1.29, 1.82) is 0 Å². The zero-order valence-electron chi connectivity index (χ0n) is 8.00. The highest BCUT2D eigenvalue weighted by Gasteiger charge is 2.20. The zero-order chi connectivity index (χ0) is 11.6. The third kappa shape index (κ3) is 2.28. The number of halogens is 2. The molecule has 0 fully saturated rings. The molecule has 0 aliphatic heterocycles. The molecule has 1 atom stereocenters. The highest BCUT2D eigenvalue weighted by molar-refractivity contribution is 9.10. The van der Waals surface area contributed by atoms with Crippen LogP contribution < -0.4 is 0 Å². The number of rotatable bonds is 3. The van der Waals surface area contributed by atoms with Gasteiger partial charge >= 0.3 is 0 Å². The Hall–Kier alpha value is -1.10. The van der Waals surface area contributed by atoms with Crippen molar-refractivity contribution < 1.29 is 19.4 Å². The summed E-state index contributed by atoms with van der Waals surface area (Å²) < 4.78 is 13.5. The van der Waals surface area contributed by atoms with Crippen LogP contribution in [-0.4, -0.2) is 16.5 Å². The predicted octanol–water partition coefficient (Wildman–Crippen LogP) is 2.69. The molecule has 1 aromatic carbocycles. The second-order valence-electron chi connectivity index (χ2n) is 3.26. The van der Waals surface area contributed by atoms with E-state index < -0.39 is 17.3 Å².